The normalized spacial score (nSPS) is 10.7. The minimum absolute atomic E-state index is 0.130. The maximum Gasteiger partial charge on any atom is 0.256 e. The van der Waals surface area contributed by atoms with E-state index in [4.69, 9.17) is 5.73 Å². The predicted octanol–water partition coefficient (Wildman–Crippen LogP) is 5.46. The number of halogens is 1. The van der Waals surface area contributed by atoms with Crippen LogP contribution in [0, 0.1) is 5.82 Å². The second-order valence-corrected chi connectivity index (χ2v) is 8.31. The molecule has 0 aliphatic heterocycles. The van der Waals surface area contributed by atoms with Gasteiger partial charge >= 0.3 is 0 Å². The Labute approximate surface area is 217 Å². The van der Waals surface area contributed by atoms with Gasteiger partial charge in [0.15, 0.2) is 0 Å². The standard InChI is InChI=1S/C29H21FN6O2/c1-2-26(37)35-19-7-5-6-17(12-19)21-14-22(27(31)23-15-32-16-34-28(21)23)20-10-9-18(13-24(20)30)29(38)36-25-8-3-4-11-33-25/h2-16H,1,31H2,(H,35,37)(H,33,36,38). The van der Waals surface area contributed by atoms with Gasteiger partial charge in [0.2, 0.25) is 5.91 Å². The van der Waals surface area contributed by atoms with Crippen molar-refractivity contribution in [3.63, 3.8) is 0 Å². The molecule has 0 fully saturated rings. The lowest BCUT2D eigenvalue weighted by Crippen LogP contribution is -2.13. The van der Waals surface area contributed by atoms with Crippen molar-refractivity contribution >= 4 is 39.9 Å². The number of nitrogens with one attached hydrogen (secondary N) is 2. The van der Waals surface area contributed by atoms with Crippen LogP contribution < -0.4 is 16.4 Å². The van der Waals surface area contributed by atoms with Crippen LogP contribution in [0.5, 0.6) is 0 Å². The highest BCUT2D eigenvalue weighted by molar-refractivity contribution is 6.08. The average molecular weight is 505 g/mol. The number of aromatic nitrogens is 3. The maximum absolute atomic E-state index is 15.5. The van der Waals surface area contributed by atoms with Gasteiger partial charge in [0.25, 0.3) is 5.91 Å². The van der Waals surface area contributed by atoms with Gasteiger partial charge in [-0.2, -0.15) is 0 Å². The number of nitrogens with zero attached hydrogens (tertiary/aromatic N) is 3. The van der Waals surface area contributed by atoms with E-state index < -0.39 is 11.7 Å². The molecule has 0 unspecified atom stereocenters. The number of amides is 2. The molecular weight excluding hydrogens is 483 g/mol. The molecule has 2 heterocycles. The summed E-state index contributed by atoms with van der Waals surface area (Å²) in [5, 5.41) is 5.91. The largest absolute Gasteiger partial charge is 0.398 e. The molecule has 0 aliphatic rings. The van der Waals surface area contributed by atoms with Crippen molar-refractivity contribution < 1.29 is 14.0 Å². The molecule has 0 bridgehead atoms. The highest BCUT2D eigenvalue weighted by Crippen LogP contribution is 2.39. The van der Waals surface area contributed by atoms with Gasteiger partial charge in [0, 0.05) is 45.7 Å². The molecular formula is C29H21FN6O2. The van der Waals surface area contributed by atoms with Crippen LogP contribution in [-0.2, 0) is 4.79 Å². The third-order valence-corrected chi connectivity index (χ3v) is 5.89. The van der Waals surface area contributed by atoms with E-state index in [0.717, 1.165) is 11.6 Å². The Balaban J connectivity index is 1.58. The van der Waals surface area contributed by atoms with E-state index in [0.29, 0.717) is 39.2 Å². The van der Waals surface area contributed by atoms with Gasteiger partial charge in [-0.3, -0.25) is 9.59 Å². The quantitative estimate of drug-likeness (QED) is 0.209. The molecule has 0 atom stereocenters. The van der Waals surface area contributed by atoms with Crippen LogP contribution in [0.1, 0.15) is 10.4 Å². The summed E-state index contributed by atoms with van der Waals surface area (Å²) in [6.07, 6.45) is 5.70. The second kappa shape index (κ2) is 10.3. The maximum atomic E-state index is 15.5. The van der Waals surface area contributed by atoms with Crippen LogP contribution in [0.3, 0.4) is 0 Å². The zero-order valence-corrected chi connectivity index (χ0v) is 20.0. The summed E-state index contributed by atoms with van der Waals surface area (Å²) in [6.45, 7) is 3.47. The number of nitrogens with two attached hydrogens (primary N) is 1. The lowest BCUT2D eigenvalue weighted by molar-refractivity contribution is -0.111. The van der Waals surface area contributed by atoms with Crippen molar-refractivity contribution in [1.29, 1.82) is 0 Å². The Kier molecular flexibility index (Phi) is 6.56. The molecule has 8 nitrogen and oxygen atoms in total. The van der Waals surface area contributed by atoms with Crippen molar-refractivity contribution in [2.24, 2.45) is 0 Å². The number of fused-ring (bicyclic) bond motifs is 1. The minimum Gasteiger partial charge on any atom is -0.398 e. The van der Waals surface area contributed by atoms with Crippen LogP contribution in [0.15, 0.2) is 98.1 Å². The fraction of sp³-hybridized carbons (Fsp3) is 0. The number of carbonyl (C=O) groups excluding carboxylic acids is 2. The van der Waals surface area contributed by atoms with E-state index in [2.05, 4.69) is 32.2 Å². The summed E-state index contributed by atoms with van der Waals surface area (Å²) < 4.78 is 15.5. The number of nitrogen functional groups attached to an aromatic ring is 1. The first-order valence-electron chi connectivity index (χ1n) is 11.5. The fourth-order valence-electron chi connectivity index (χ4n) is 4.08. The van der Waals surface area contributed by atoms with Gasteiger partial charge in [0.05, 0.1) is 11.2 Å². The zero-order chi connectivity index (χ0) is 26.6. The number of benzene rings is 3. The number of rotatable bonds is 6. The van der Waals surface area contributed by atoms with Crippen molar-refractivity contribution in [3.05, 3.63) is 109 Å². The summed E-state index contributed by atoms with van der Waals surface area (Å²) in [5.41, 5.74) is 10.0. The monoisotopic (exact) mass is 504 g/mol. The van der Waals surface area contributed by atoms with Gasteiger partial charge in [0.1, 0.15) is 18.0 Å². The number of anilines is 3. The van der Waals surface area contributed by atoms with Crippen molar-refractivity contribution in [1.82, 2.24) is 15.0 Å². The first kappa shape index (κ1) is 24.3. The van der Waals surface area contributed by atoms with E-state index in [1.807, 2.05) is 6.07 Å². The number of carbonyl (C=O) groups is 2. The topological polar surface area (TPSA) is 123 Å². The Morgan fingerprint density at radius 2 is 1.79 bits per heavy atom. The van der Waals surface area contributed by atoms with Crippen LogP contribution in [-0.4, -0.2) is 26.8 Å². The molecule has 5 rings (SSSR count). The van der Waals surface area contributed by atoms with Crippen LogP contribution in [0.4, 0.5) is 21.6 Å². The number of hydrogen-bond acceptors (Lipinski definition) is 6. The predicted molar refractivity (Wildman–Crippen MR) is 146 cm³/mol. The smallest absolute Gasteiger partial charge is 0.256 e. The van der Waals surface area contributed by atoms with E-state index in [9.17, 15) is 9.59 Å². The molecule has 2 amide bonds. The SMILES string of the molecule is C=CC(=O)Nc1cccc(-c2cc(-c3ccc(C(=O)Nc4ccccn4)cc3F)c(N)c3cncnc23)c1. The summed E-state index contributed by atoms with van der Waals surface area (Å²) in [4.78, 5) is 37.0. The number of pyridine rings is 1. The number of hydrogen-bond donors (Lipinski definition) is 3. The summed E-state index contributed by atoms with van der Waals surface area (Å²) >= 11 is 0. The van der Waals surface area contributed by atoms with Crippen LogP contribution in [0.2, 0.25) is 0 Å². The molecule has 38 heavy (non-hydrogen) atoms. The molecule has 0 aliphatic carbocycles. The fourth-order valence-corrected chi connectivity index (χ4v) is 4.08. The molecule has 3 aromatic carbocycles. The van der Waals surface area contributed by atoms with Gasteiger partial charge in [-0.1, -0.05) is 30.8 Å². The first-order valence-corrected chi connectivity index (χ1v) is 11.5. The van der Waals surface area contributed by atoms with Gasteiger partial charge in [-0.25, -0.2) is 19.3 Å². The van der Waals surface area contributed by atoms with Crippen molar-refractivity contribution in [3.8, 4) is 22.3 Å². The van der Waals surface area contributed by atoms with Crippen LogP contribution in [0.25, 0.3) is 33.2 Å². The highest BCUT2D eigenvalue weighted by atomic mass is 19.1. The van der Waals surface area contributed by atoms with E-state index >= 15 is 4.39 Å². The molecule has 0 spiro atoms. The third kappa shape index (κ3) is 4.80. The van der Waals surface area contributed by atoms with Crippen molar-refractivity contribution in [2.45, 2.75) is 0 Å². The minimum atomic E-state index is -0.625. The Hall–Kier alpha value is -5.44. The molecule has 0 saturated heterocycles. The molecule has 5 aromatic rings. The van der Waals surface area contributed by atoms with Gasteiger partial charge in [-0.05, 0) is 54.1 Å². The van der Waals surface area contributed by atoms with E-state index in [1.54, 1.807) is 54.9 Å². The zero-order valence-electron chi connectivity index (χ0n) is 20.0. The molecule has 0 saturated carbocycles. The lowest BCUT2D eigenvalue weighted by Gasteiger charge is -2.15. The summed E-state index contributed by atoms with van der Waals surface area (Å²) in [7, 11) is 0. The lowest BCUT2D eigenvalue weighted by atomic mass is 9.93. The Morgan fingerprint density at radius 1 is 0.921 bits per heavy atom. The third-order valence-electron chi connectivity index (χ3n) is 5.89. The van der Waals surface area contributed by atoms with Crippen molar-refractivity contribution in [2.75, 3.05) is 16.4 Å². The summed E-state index contributed by atoms with van der Waals surface area (Å²) in [6, 6.07) is 18.2. The summed E-state index contributed by atoms with van der Waals surface area (Å²) in [5.74, 6) is -1.11. The molecule has 4 N–H and O–H groups in total. The first-order chi connectivity index (χ1) is 18.4. The molecule has 0 radical (unpaired) electrons. The van der Waals surface area contributed by atoms with Crippen LogP contribution >= 0.6 is 0 Å². The molecule has 186 valence electrons. The van der Waals surface area contributed by atoms with E-state index in [1.165, 1.54) is 24.5 Å². The Bertz CT molecular complexity index is 1710. The highest BCUT2D eigenvalue weighted by Gasteiger charge is 2.18. The van der Waals surface area contributed by atoms with Gasteiger partial charge in [-0.15, -0.1) is 0 Å². The van der Waals surface area contributed by atoms with E-state index in [-0.39, 0.29) is 17.0 Å². The average Bonchev–Trinajstić information content (AvgIpc) is 2.94. The molecule has 2 aromatic heterocycles. The Morgan fingerprint density at radius 3 is 2.55 bits per heavy atom. The molecule has 9 heteroatoms. The second-order valence-electron chi connectivity index (χ2n) is 8.31. The van der Waals surface area contributed by atoms with Gasteiger partial charge < -0.3 is 16.4 Å².